The Kier molecular flexibility index (Phi) is 8.96. The van der Waals surface area contributed by atoms with Crippen molar-refractivity contribution in [3.63, 3.8) is 0 Å². The molecule has 3 aromatic carbocycles. The lowest BCUT2D eigenvalue weighted by atomic mass is 10.0. The lowest BCUT2D eigenvalue weighted by Crippen LogP contribution is -2.14. The number of methoxy groups -OCH3 is 3. The summed E-state index contributed by atoms with van der Waals surface area (Å²) in [5.74, 6) is 3.10. The lowest BCUT2D eigenvalue weighted by Gasteiger charge is -2.15. The molecule has 0 saturated carbocycles. The number of nitrogens with one attached hydrogen (secondary N) is 1. The number of hydrogen-bond donors (Lipinski definition) is 1. The molecule has 1 N–H and O–H groups in total. The Morgan fingerprint density at radius 3 is 2.00 bits per heavy atom. The fourth-order valence-electron chi connectivity index (χ4n) is 3.78. The maximum absolute atomic E-state index is 5.70. The summed E-state index contributed by atoms with van der Waals surface area (Å²) >= 11 is 0. The molecule has 3 aromatic rings. The molecule has 33 heavy (non-hydrogen) atoms. The molecule has 0 aliphatic rings. The Morgan fingerprint density at radius 2 is 1.39 bits per heavy atom. The molecule has 0 heterocycles. The van der Waals surface area contributed by atoms with Crippen molar-refractivity contribution in [2.45, 2.75) is 33.4 Å². The SMILES string of the molecule is COc1ccc(CNCc2c(/C=C/c3ccc(CC(C)C)cc3)cc(OC)cc2OC)cc1. The molecular formula is C29H35NO3. The van der Waals surface area contributed by atoms with Crippen molar-refractivity contribution in [2.24, 2.45) is 5.92 Å². The fourth-order valence-corrected chi connectivity index (χ4v) is 3.78. The second-order valence-electron chi connectivity index (χ2n) is 8.52. The highest BCUT2D eigenvalue weighted by atomic mass is 16.5. The first kappa shape index (κ1) is 24.4. The van der Waals surface area contributed by atoms with Gasteiger partial charge in [-0.05, 0) is 52.8 Å². The third kappa shape index (κ3) is 7.13. The highest BCUT2D eigenvalue weighted by molar-refractivity contribution is 5.73. The molecular weight excluding hydrogens is 410 g/mol. The van der Waals surface area contributed by atoms with E-state index < -0.39 is 0 Å². The first-order valence-electron chi connectivity index (χ1n) is 11.4. The van der Waals surface area contributed by atoms with Crippen LogP contribution in [0.25, 0.3) is 12.2 Å². The summed E-state index contributed by atoms with van der Waals surface area (Å²) < 4.78 is 16.4. The van der Waals surface area contributed by atoms with Gasteiger partial charge < -0.3 is 19.5 Å². The van der Waals surface area contributed by atoms with E-state index >= 15 is 0 Å². The second-order valence-corrected chi connectivity index (χ2v) is 8.52. The Balaban J connectivity index is 1.78. The van der Waals surface area contributed by atoms with Gasteiger partial charge in [-0.25, -0.2) is 0 Å². The van der Waals surface area contributed by atoms with Gasteiger partial charge in [0.1, 0.15) is 17.2 Å². The molecule has 0 aliphatic heterocycles. The van der Waals surface area contributed by atoms with Gasteiger partial charge in [0.15, 0.2) is 0 Å². The zero-order chi connectivity index (χ0) is 23.6. The van der Waals surface area contributed by atoms with Crippen LogP contribution in [0.4, 0.5) is 0 Å². The number of benzene rings is 3. The molecule has 3 rings (SSSR count). The van der Waals surface area contributed by atoms with Crippen molar-refractivity contribution < 1.29 is 14.2 Å². The van der Waals surface area contributed by atoms with Gasteiger partial charge in [0, 0.05) is 24.7 Å². The van der Waals surface area contributed by atoms with Crippen LogP contribution in [-0.4, -0.2) is 21.3 Å². The van der Waals surface area contributed by atoms with E-state index in [-0.39, 0.29) is 0 Å². The van der Waals surface area contributed by atoms with Gasteiger partial charge in [0.05, 0.1) is 21.3 Å². The predicted molar refractivity (Wildman–Crippen MR) is 137 cm³/mol. The van der Waals surface area contributed by atoms with Gasteiger partial charge in [-0.3, -0.25) is 0 Å². The van der Waals surface area contributed by atoms with Gasteiger partial charge in [-0.1, -0.05) is 62.4 Å². The predicted octanol–water partition coefficient (Wildman–Crippen LogP) is 6.37. The highest BCUT2D eigenvalue weighted by Gasteiger charge is 2.11. The Hall–Kier alpha value is -3.24. The normalized spacial score (nSPS) is 11.2. The van der Waals surface area contributed by atoms with Crippen LogP contribution in [0.15, 0.2) is 60.7 Å². The summed E-state index contributed by atoms with van der Waals surface area (Å²) in [6, 6.07) is 20.9. The number of rotatable bonds is 11. The maximum Gasteiger partial charge on any atom is 0.127 e. The summed E-state index contributed by atoms with van der Waals surface area (Å²) in [6.07, 6.45) is 5.37. The zero-order valence-electron chi connectivity index (χ0n) is 20.4. The van der Waals surface area contributed by atoms with Crippen molar-refractivity contribution in [3.8, 4) is 17.2 Å². The molecule has 4 nitrogen and oxygen atoms in total. The quantitative estimate of drug-likeness (QED) is 0.348. The molecule has 0 aliphatic carbocycles. The molecule has 0 unspecified atom stereocenters. The van der Waals surface area contributed by atoms with Gasteiger partial charge in [0.25, 0.3) is 0 Å². The second kappa shape index (κ2) is 12.1. The van der Waals surface area contributed by atoms with Crippen LogP contribution in [-0.2, 0) is 19.5 Å². The third-order valence-corrected chi connectivity index (χ3v) is 5.54. The Morgan fingerprint density at radius 1 is 0.727 bits per heavy atom. The van der Waals surface area contributed by atoms with Crippen molar-refractivity contribution in [1.29, 1.82) is 0 Å². The Bertz CT molecular complexity index is 1040. The van der Waals surface area contributed by atoms with Gasteiger partial charge in [-0.2, -0.15) is 0 Å². The molecule has 4 heteroatoms. The van der Waals surface area contributed by atoms with Crippen molar-refractivity contribution in [2.75, 3.05) is 21.3 Å². The smallest absolute Gasteiger partial charge is 0.127 e. The average Bonchev–Trinajstić information content (AvgIpc) is 2.83. The minimum absolute atomic E-state index is 0.656. The van der Waals surface area contributed by atoms with Crippen molar-refractivity contribution >= 4 is 12.2 Å². The van der Waals surface area contributed by atoms with Crippen LogP contribution < -0.4 is 19.5 Å². The third-order valence-electron chi connectivity index (χ3n) is 5.54. The summed E-state index contributed by atoms with van der Waals surface area (Å²) in [7, 11) is 5.05. The van der Waals surface area contributed by atoms with Crippen LogP contribution in [0, 0.1) is 5.92 Å². The summed E-state index contributed by atoms with van der Waals surface area (Å²) in [5, 5.41) is 3.54. The van der Waals surface area contributed by atoms with Gasteiger partial charge >= 0.3 is 0 Å². The molecule has 174 valence electrons. The van der Waals surface area contributed by atoms with Gasteiger partial charge in [0.2, 0.25) is 0 Å². The van der Waals surface area contributed by atoms with E-state index in [4.69, 9.17) is 14.2 Å². The standard InChI is InChI=1S/C29H35NO3/c1-21(2)16-23-8-6-22(7-9-23)10-13-25-17-27(32-4)18-29(33-5)28(25)20-30-19-24-11-14-26(31-3)15-12-24/h6-15,17-18,21,30H,16,19-20H2,1-5H3/b13-10+. The van der Waals surface area contributed by atoms with Crippen LogP contribution in [0.3, 0.4) is 0 Å². The number of hydrogen-bond acceptors (Lipinski definition) is 4. The summed E-state index contributed by atoms with van der Waals surface area (Å²) in [4.78, 5) is 0. The molecule has 0 atom stereocenters. The minimum atomic E-state index is 0.656. The van der Waals surface area contributed by atoms with Crippen LogP contribution in [0.2, 0.25) is 0 Å². The summed E-state index contributed by atoms with van der Waals surface area (Å²) in [5.41, 5.74) is 5.90. The summed E-state index contributed by atoms with van der Waals surface area (Å²) in [6.45, 7) is 5.91. The van der Waals surface area contributed by atoms with E-state index in [0.29, 0.717) is 12.5 Å². The fraction of sp³-hybridized carbons (Fsp3) is 0.310. The molecule has 0 radical (unpaired) electrons. The zero-order valence-corrected chi connectivity index (χ0v) is 20.4. The van der Waals surface area contributed by atoms with E-state index in [2.05, 4.69) is 73.8 Å². The molecule has 0 fully saturated rings. The van der Waals surface area contributed by atoms with Crippen molar-refractivity contribution in [3.05, 3.63) is 88.5 Å². The molecule has 0 aromatic heterocycles. The average molecular weight is 446 g/mol. The molecule has 0 bridgehead atoms. The van der Waals surface area contributed by atoms with E-state index in [0.717, 1.165) is 41.3 Å². The Labute approximate surface area is 198 Å². The van der Waals surface area contributed by atoms with E-state index in [9.17, 15) is 0 Å². The van der Waals surface area contributed by atoms with E-state index in [1.807, 2.05) is 18.2 Å². The molecule has 0 saturated heterocycles. The maximum atomic E-state index is 5.70. The largest absolute Gasteiger partial charge is 0.497 e. The monoisotopic (exact) mass is 445 g/mol. The molecule has 0 spiro atoms. The molecule has 0 amide bonds. The first-order valence-corrected chi connectivity index (χ1v) is 11.4. The van der Waals surface area contributed by atoms with Gasteiger partial charge in [-0.15, -0.1) is 0 Å². The van der Waals surface area contributed by atoms with Crippen LogP contribution in [0.5, 0.6) is 17.2 Å². The first-order chi connectivity index (χ1) is 16.0. The minimum Gasteiger partial charge on any atom is -0.497 e. The van der Waals surface area contributed by atoms with Crippen LogP contribution >= 0.6 is 0 Å². The van der Waals surface area contributed by atoms with E-state index in [1.54, 1.807) is 21.3 Å². The van der Waals surface area contributed by atoms with Crippen LogP contribution in [0.1, 0.15) is 41.7 Å². The van der Waals surface area contributed by atoms with E-state index in [1.165, 1.54) is 16.7 Å². The van der Waals surface area contributed by atoms with Crippen molar-refractivity contribution in [1.82, 2.24) is 5.32 Å². The topological polar surface area (TPSA) is 39.7 Å². The highest BCUT2D eigenvalue weighted by Crippen LogP contribution is 2.30. The number of ether oxygens (including phenoxy) is 3. The lowest BCUT2D eigenvalue weighted by molar-refractivity contribution is 0.389.